The van der Waals surface area contributed by atoms with E-state index in [1.165, 1.54) is 19.3 Å². The molecule has 0 N–H and O–H groups in total. The SMILES string of the molecule is Cc1cnc(C(=O)N2CCO[C@@H](CN3CCCCC3)[C@@H]2c2cnn(C)c2)cn1. The molecule has 0 unspecified atom stereocenters. The Kier molecular flexibility index (Phi) is 5.68. The monoisotopic (exact) mass is 384 g/mol. The molecule has 2 aromatic heterocycles. The third-order valence-electron chi connectivity index (χ3n) is 5.57. The summed E-state index contributed by atoms with van der Waals surface area (Å²) in [4.78, 5) is 26.2. The number of piperidine rings is 1. The van der Waals surface area contributed by atoms with Crippen LogP contribution in [0.4, 0.5) is 0 Å². The Morgan fingerprint density at radius 3 is 2.64 bits per heavy atom. The first-order valence-corrected chi connectivity index (χ1v) is 10.0. The lowest BCUT2D eigenvalue weighted by atomic mass is 9.99. The van der Waals surface area contributed by atoms with Crippen LogP contribution in [-0.4, -0.2) is 74.3 Å². The van der Waals surface area contributed by atoms with E-state index in [2.05, 4.69) is 20.0 Å². The van der Waals surface area contributed by atoms with Crippen molar-refractivity contribution in [2.75, 3.05) is 32.8 Å². The van der Waals surface area contributed by atoms with Gasteiger partial charge in [0.15, 0.2) is 0 Å². The van der Waals surface area contributed by atoms with Gasteiger partial charge in [0.2, 0.25) is 0 Å². The number of carbonyl (C=O) groups is 1. The number of rotatable bonds is 4. The molecule has 150 valence electrons. The van der Waals surface area contributed by atoms with Crippen LogP contribution in [0.1, 0.15) is 47.1 Å². The van der Waals surface area contributed by atoms with Crippen LogP contribution in [0.5, 0.6) is 0 Å². The van der Waals surface area contributed by atoms with Gasteiger partial charge in [0.05, 0.1) is 36.8 Å². The zero-order valence-corrected chi connectivity index (χ0v) is 16.6. The fourth-order valence-electron chi connectivity index (χ4n) is 4.15. The Morgan fingerprint density at radius 1 is 1.14 bits per heavy atom. The standard InChI is InChI=1S/C20H28N6O2/c1-15-10-22-17(12-21-15)20(27)26-8-9-28-18(14-25-6-4-3-5-7-25)19(26)16-11-23-24(2)13-16/h10-13,18-19H,3-9,14H2,1-2H3/t18-,19-/m0/s1. The van der Waals surface area contributed by atoms with Crippen LogP contribution in [0, 0.1) is 6.92 Å². The molecule has 0 aliphatic carbocycles. The number of hydrogen-bond donors (Lipinski definition) is 0. The predicted octanol–water partition coefficient (Wildman–Crippen LogP) is 1.59. The van der Waals surface area contributed by atoms with Gasteiger partial charge >= 0.3 is 0 Å². The van der Waals surface area contributed by atoms with Crippen molar-refractivity contribution in [2.45, 2.75) is 38.3 Å². The number of nitrogens with zero attached hydrogens (tertiary/aromatic N) is 6. The summed E-state index contributed by atoms with van der Waals surface area (Å²) in [6, 6.07) is -0.181. The summed E-state index contributed by atoms with van der Waals surface area (Å²) < 4.78 is 7.96. The molecule has 2 saturated heterocycles. The molecule has 2 atom stereocenters. The van der Waals surface area contributed by atoms with Gasteiger partial charge in [-0.1, -0.05) is 6.42 Å². The number of aryl methyl sites for hydroxylation is 2. The Morgan fingerprint density at radius 2 is 1.96 bits per heavy atom. The van der Waals surface area contributed by atoms with Crippen LogP contribution < -0.4 is 0 Å². The molecule has 4 heterocycles. The number of carbonyl (C=O) groups excluding carboxylic acids is 1. The minimum absolute atomic E-state index is 0.0848. The minimum Gasteiger partial charge on any atom is -0.373 e. The van der Waals surface area contributed by atoms with Gasteiger partial charge in [-0.05, 0) is 32.9 Å². The normalized spacial score (nSPS) is 23.7. The molecular weight excluding hydrogens is 356 g/mol. The summed E-state index contributed by atoms with van der Waals surface area (Å²) in [5.74, 6) is -0.103. The van der Waals surface area contributed by atoms with Crippen LogP contribution in [0.3, 0.4) is 0 Å². The van der Waals surface area contributed by atoms with Crippen LogP contribution in [0.15, 0.2) is 24.8 Å². The van der Waals surface area contributed by atoms with Crippen molar-refractivity contribution in [1.82, 2.24) is 29.5 Å². The summed E-state index contributed by atoms with van der Waals surface area (Å²) in [6.07, 6.45) is 10.7. The summed E-state index contributed by atoms with van der Waals surface area (Å²) in [5.41, 5.74) is 2.17. The molecule has 2 aromatic rings. The molecule has 0 spiro atoms. The molecule has 0 saturated carbocycles. The van der Waals surface area contributed by atoms with Gasteiger partial charge in [0.1, 0.15) is 5.69 Å². The highest BCUT2D eigenvalue weighted by molar-refractivity contribution is 5.92. The number of hydrogen-bond acceptors (Lipinski definition) is 6. The molecule has 0 bridgehead atoms. The molecule has 2 fully saturated rings. The molecule has 8 nitrogen and oxygen atoms in total. The summed E-state index contributed by atoms with van der Waals surface area (Å²) in [5, 5.41) is 4.33. The van der Waals surface area contributed by atoms with Gasteiger partial charge in [0.25, 0.3) is 5.91 Å². The molecule has 8 heteroatoms. The Balaban J connectivity index is 1.61. The molecule has 2 aliphatic heterocycles. The second-order valence-corrected chi connectivity index (χ2v) is 7.70. The summed E-state index contributed by atoms with van der Waals surface area (Å²) >= 11 is 0. The van der Waals surface area contributed by atoms with Crippen molar-refractivity contribution in [3.8, 4) is 0 Å². The number of amides is 1. The van der Waals surface area contributed by atoms with E-state index in [0.717, 1.165) is 30.9 Å². The van der Waals surface area contributed by atoms with Gasteiger partial charge in [0, 0.05) is 38.1 Å². The number of likely N-dealkylation sites (tertiary alicyclic amines) is 1. The molecule has 0 aromatic carbocycles. The molecule has 1 amide bonds. The molecular formula is C20H28N6O2. The van der Waals surface area contributed by atoms with Gasteiger partial charge in [-0.15, -0.1) is 0 Å². The maximum atomic E-state index is 13.3. The van der Waals surface area contributed by atoms with Gasteiger partial charge in [-0.2, -0.15) is 5.10 Å². The van der Waals surface area contributed by atoms with E-state index in [0.29, 0.717) is 18.8 Å². The Hall–Kier alpha value is -2.32. The van der Waals surface area contributed by atoms with Crippen molar-refractivity contribution >= 4 is 5.91 Å². The fourth-order valence-corrected chi connectivity index (χ4v) is 4.15. The van der Waals surface area contributed by atoms with Crippen molar-refractivity contribution in [1.29, 1.82) is 0 Å². The van der Waals surface area contributed by atoms with E-state index < -0.39 is 0 Å². The third-order valence-corrected chi connectivity index (χ3v) is 5.57. The average molecular weight is 384 g/mol. The van der Waals surface area contributed by atoms with Crippen molar-refractivity contribution in [2.24, 2.45) is 7.05 Å². The zero-order valence-electron chi connectivity index (χ0n) is 16.6. The highest BCUT2D eigenvalue weighted by Gasteiger charge is 2.39. The second kappa shape index (κ2) is 8.36. The first-order chi connectivity index (χ1) is 13.6. The zero-order chi connectivity index (χ0) is 19.5. The van der Waals surface area contributed by atoms with Crippen molar-refractivity contribution < 1.29 is 9.53 Å². The topological polar surface area (TPSA) is 76.4 Å². The number of ether oxygens (including phenoxy) is 1. The van der Waals surface area contributed by atoms with E-state index in [1.54, 1.807) is 17.1 Å². The van der Waals surface area contributed by atoms with Crippen LogP contribution in [-0.2, 0) is 11.8 Å². The molecule has 4 rings (SSSR count). The first kappa shape index (κ1) is 19.0. The van der Waals surface area contributed by atoms with Crippen LogP contribution in [0.2, 0.25) is 0 Å². The van der Waals surface area contributed by atoms with E-state index >= 15 is 0 Å². The second-order valence-electron chi connectivity index (χ2n) is 7.70. The Bertz CT molecular complexity index is 799. The summed E-state index contributed by atoms with van der Waals surface area (Å²) in [7, 11) is 1.89. The average Bonchev–Trinajstić information content (AvgIpc) is 3.14. The van der Waals surface area contributed by atoms with E-state index in [-0.39, 0.29) is 18.1 Å². The van der Waals surface area contributed by atoms with Crippen LogP contribution >= 0.6 is 0 Å². The lowest BCUT2D eigenvalue weighted by Crippen LogP contribution is -2.52. The maximum absolute atomic E-state index is 13.3. The van der Waals surface area contributed by atoms with Crippen molar-refractivity contribution in [3.05, 3.63) is 41.7 Å². The summed E-state index contributed by atoms with van der Waals surface area (Å²) in [6.45, 7) is 5.94. The fraction of sp³-hybridized carbons (Fsp3) is 0.600. The number of aromatic nitrogens is 4. The highest BCUT2D eigenvalue weighted by Crippen LogP contribution is 2.31. The lowest BCUT2D eigenvalue weighted by molar-refractivity contribution is -0.0743. The predicted molar refractivity (Wildman–Crippen MR) is 104 cm³/mol. The minimum atomic E-state index is -0.181. The molecule has 0 radical (unpaired) electrons. The van der Waals surface area contributed by atoms with E-state index in [4.69, 9.17) is 4.74 Å². The maximum Gasteiger partial charge on any atom is 0.274 e. The van der Waals surface area contributed by atoms with Gasteiger partial charge < -0.3 is 14.5 Å². The molecule has 28 heavy (non-hydrogen) atoms. The van der Waals surface area contributed by atoms with E-state index in [9.17, 15) is 4.79 Å². The smallest absolute Gasteiger partial charge is 0.274 e. The van der Waals surface area contributed by atoms with Crippen LogP contribution in [0.25, 0.3) is 0 Å². The van der Waals surface area contributed by atoms with Crippen molar-refractivity contribution in [3.63, 3.8) is 0 Å². The molecule has 2 aliphatic rings. The highest BCUT2D eigenvalue weighted by atomic mass is 16.5. The lowest BCUT2D eigenvalue weighted by Gasteiger charge is -2.43. The number of morpholine rings is 1. The Labute approximate surface area is 165 Å². The van der Waals surface area contributed by atoms with E-state index in [1.807, 2.05) is 31.3 Å². The third kappa shape index (κ3) is 4.07. The van der Waals surface area contributed by atoms with Gasteiger partial charge in [-0.3, -0.25) is 14.5 Å². The quantitative estimate of drug-likeness (QED) is 0.797. The largest absolute Gasteiger partial charge is 0.373 e. The van der Waals surface area contributed by atoms with Gasteiger partial charge in [-0.25, -0.2) is 4.98 Å². The first-order valence-electron chi connectivity index (χ1n) is 10.0.